The Morgan fingerprint density at radius 3 is 2.55 bits per heavy atom. The molecule has 0 radical (unpaired) electrons. The quantitative estimate of drug-likeness (QED) is 0.770. The third-order valence-corrected chi connectivity index (χ3v) is 3.14. The summed E-state index contributed by atoms with van der Waals surface area (Å²) in [7, 11) is 1.54. The zero-order chi connectivity index (χ0) is 14.1. The number of pyridine rings is 1. The fourth-order valence-corrected chi connectivity index (χ4v) is 2.16. The number of phenols is 1. The summed E-state index contributed by atoms with van der Waals surface area (Å²) in [6.07, 6.45) is 1.69. The molecule has 0 saturated carbocycles. The van der Waals surface area contributed by atoms with Crippen LogP contribution in [0.3, 0.4) is 0 Å². The van der Waals surface area contributed by atoms with Crippen molar-refractivity contribution in [3.8, 4) is 22.8 Å². The second kappa shape index (κ2) is 4.81. The molecule has 3 nitrogen and oxygen atoms in total. The first kappa shape index (κ1) is 12.4. The zero-order valence-corrected chi connectivity index (χ0v) is 10.8. The first-order valence-electron chi connectivity index (χ1n) is 6.10. The number of fused-ring (bicyclic) bond motifs is 1. The van der Waals surface area contributed by atoms with Crippen molar-refractivity contribution >= 4 is 10.8 Å². The highest BCUT2D eigenvalue weighted by molar-refractivity contribution is 5.91. The van der Waals surface area contributed by atoms with E-state index in [0.717, 1.165) is 16.3 Å². The van der Waals surface area contributed by atoms with Crippen molar-refractivity contribution in [3.05, 3.63) is 54.5 Å². The Kier molecular flexibility index (Phi) is 2.99. The summed E-state index contributed by atoms with van der Waals surface area (Å²) < 4.78 is 18.2. The van der Waals surface area contributed by atoms with Crippen molar-refractivity contribution in [1.29, 1.82) is 0 Å². The van der Waals surface area contributed by atoms with Crippen LogP contribution in [0.5, 0.6) is 11.5 Å². The molecule has 0 fully saturated rings. The normalized spacial score (nSPS) is 10.7. The molecule has 0 saturated heterocycles. The minimum absolute atomic E-state index is 0.130. The molecule has 2 aromatic carbocycles. The SMILES string of the molecule is COc1cc(O)cc2cc(-c3ccc(F)cc3)ncc12. The third-order valence-electron chi connectivity index (χ3n) is 3.14. The molecule has 1 N–H and O–H groups in total. The van der Waals surface area contributed by atoms with E-state index < -0.39 is 0 Å². The summed E-state index contributed by atoms with van der Waals surface area (Å²) in [5, 5.41) is 11.3. The topological polar surface area (TPSA) is 42.4 Å². The summed E-state index contributed by atoms with van der Waals surface area (Å²) in [5.41, 5.74) is 1.53. The molecular formula is C16H12FNO2. The van der Waals surface area contributed by atoms with Crippen LogP contribution in [0.25, 0.3) is 22.0 Å². The highest BCUT2D eigenvalue weighted by Crippen LogP contribution is 2.32. The Hall–Kier alpha value is -2.62. The van der Waals surface area contributed by atoms with Crippen LogP contribution in [-0.2, 0) is 0 Å². The van der Waals surface area contributed by atoms with E-state index in [0.29, 0.717) is 11.4 Å². The molecule has 0 spiro atoms. The molecule has 0 bridgehead atoms. The smallest absolute Gasteiger partial charge is 0.131 e. The predicted octanol–water partition coefficient (Wildman–Crippen LogP) is 3.76. The van der Waals surface area contributed by atoms with Crippen LogP contribution in [0.1, 0.15) is 0 Å². The van der Waals surface area contributed by atoms with Crippen LogP contribution in [0.2, 0.25) is 0 Å². The number of aromatic hydroxyl groups is 1. The molecule has 1 aromatic heterocycles. The summed E-state index contributed by atoms with van der Waals surface area (Å²) in [5.74, 6) is 0.414. The average molecular weight is 269 g/mol. The molecule has 3 aromatic rings. The molecule has 4 heteroatoms. The van der Waals surface area contributed by atoms with Crippen molar-refractivity contribution in [3.63, 3.8) is 0 Å². The lowest BCUT2D eigenvalue weighted by atomic mass is 10.1. The van der Waals surface area contributed by atoms with Gasteiger partial charge in [0, 0.05) is 23.2 Å². The van der Waals surface area contributed by atoms with Gasteiger partial charge in [-0.3, -0.25) is 4.98 Å². The Balaban J connectivity index is 2.17. The van der Waals surface area contributed by atoms with Gasteiger partial charge in [-0.25, -0.2) is 4.39 Å². The number of halogens is 1. The Labute approximate surface area is 115 Å². The summed E-state index contributed by atoms with van der Waals surface area (Å²) >= 11 is 0. The monoisotopic (exact) mass is 269 g/mol. The molecule has 0 aliphatic carbocycles. The maximum absolute atomic E-state index is 12.9. The van der Waals surface area contributed by atoms with Crippen molar-refractivity contribution in [1.82, 2.24) is 4.98 Å². The maximum Gasteiger partial charge on any atom is 0.131 e. The fraction of sp³-hybridized carbons (Fsp3) is 0.0625. The molecule has 0 aliphatic heterocycles. The lowest BCUT2D eigenvalue weighted by Gasteiger charge is -2.08. The van der Waals surface area contributed by atoms with Crippen LogP contribution >= 0.6 is 0 Å². The van der Waals surface area contributed by atoms with Gasteiger partial charge in [-0.15, -0.1) is 0 Å². The van der Waals surface area contributed by atoms with E-state index in [1.54, 1.807) is 37.6 Å². The number of benzene rings is 2. The number of methoxy groups -OCH3 is 1. The third kappa shape index (κ3) is 2.16. The number of hydrogen-bond acceptors (Lipinski definition) is 3. The summed E-state index contributed by atoms with van der Waals surface area (Å²) in [6, 6.07) is 11.2. The number of ether oxygens (including phenoxy) is 1. The largest absolute Gasteiger partial charge is 0.508 e. The van der Waals surface area contributed by atoms with E-state index in [4.69, 9.17) is 4.74 Å². The molecular weight excluding hydrogens is 257 g/mol. The first-order valence-corrected chi connectivity index (χ1v) is 6.10. The van der Waals surface area contributed by atoms with E-state index in [9.17, 15) is 9.50 Å². The molecule has 1 heterocycles. The van der Waals surface area contributed by atoms with Gasteiger partial charge in [-0.1, -0.05) is 0 Å². The number of rotatable bonds is 2. The number of nitrogens with zero attached hydrogens (tertiary/aromatic N) is 1. The molecule has 0 amide bonds. The van der Waals surface area contributed by atoms with Gasteiger partial charge >= 0.3 is 0 Å². The van der Waals surface area contributed by atoms with Crippen LogP contribution < -0.4 is 4.74 Å². The highest BCUT2D eigenvalue weighted by Gasteiger charge is 2.07. The lowest BCUT2D eigenvalue weighted by Crippen LogP contribution is -1.89. The second-order valence-corrected chi connectivity index (χ2v) is 4.45. The molecule has 0 aliphatic rings. The number of phenolic OH excluding ortho intramolecular Hbond substituents is 1. The first-order chi connectivity index (χ1) is 9.67. The van der Waals surface area contributed by atoms with Gasteiger partial charge in [-0.05, 0) is 41.8 Å². The van der Waals surface area contributed by atoms with Crippen LogP contribution in [0, 0.1) is 5.82 Å². The molecule has 3 rings (SSSR count). The van der Waals surface area contributed by atoms with Gasteiger partial charge < -0.3 is 9.84 Å². The fourth-order valence-electron chi connectivity index (χ4n) is 2.16. The van der Waals surface area contributed by atoms with Crippen molar-refractivity contribution in [2.45, 2.75) is 0 Å². The van der Waals surface area contributed by atoms with E-state index in [1.807, 2.05) is 6.07 Å². The predicted molar refractivity (Wildman–Crippen MR) is 75.4 cm³/mol. The van der Waals surface area contributed by atoms with Crippen LogP contribution in [-0.4, -0.2) is 17.2 Å². The lowest BCUT2D eigenvalue weighted by molar-refractivity contribution is 0.413. The minimum Gasteiger partial charge on any atom is -0.508 e. The summed E-state index contributed by atoms with van der Waals surface area (Å²) in [6.45, 7) is 0. The van der Waals surface area contributed by atoms with E-state index in [2.05, 4.69) is 4.98 Å². The van der Waals surface area contributed by atoms with Gasteiger partial charge in [0.25, 0.3) is 0 Å². The molecule has 20 heavy (non-hydrogen) atoms. The van der Waals surface area contributed by atoms with Gasteiger partial charge in [0.15, 0.2) is 0 Å². The molecule has 0 atom stereocenters. The van der Waals surface area contributed by atoms with E-state index >= 15 is 0 Å². The van der Waals surface area contributed by atoms with Gasteiger partial charge in [0.05, 0.1) is 12.8 Å². The van der Waals surface area contributed by atoms with E-state index in [-0.39, 0.29) is 11.6 Å². The Morgan fingerprint density at radius 2 is 1.85 bits per heavy atom. The average Bonchev–Trinajstić information content (AvgIpc) is 2.46. The van der Waals surface area contributed by atoms with Crippen LogP contribution in [0.15, 0.2) is 48.7 Å². The summed E-state index contributed by atoms with van der Waals surface area (Å²) in [4.78, 5) is 4.36. The minimum atomic E-state index is -0.283. The highest BCUT2D eigenvalue weighted by atomic mass is 19.1. The standard InChI is InChI=1S/C16H12FNO2/c1-20-16-8-13(19)6-11-7-15(18-9-14(11)16)10-2-4-12(17)5-3-10/h2-9,19H,1H3. The number of hydrogen-bond donors (Lipinski definition) is 1. The Morgan fingerprint density at radius 1 is 1.10 bits per heavy atom. The van der Waals surface area contributed by atoms with Gasteiger partial charge in [-0.2, -0.15) is 0 Å². The van der Waals surface area contributed by atoms with Crippen LogP contribution in [0.4, 0.5) is 4.39 Å². The van der Waals surface area contributed by atoms with Crippen molar-refractivity contribution in [2.24, 2.45) is 0 Å². The van der Waals surface area contributed by atoms with Crippen molar-refractivity contribution in [2.75, 3.05) is 7.11 Å². The molecule has 0 unspecified atom stereocenters. The molecule has 100 valence electrons. The van der Waals surface area contributed by atoms with E-state index in [1.165, 1.54) is 12.1 Å². The second-order valence-electron chi connectivity index (χ2n) is 4.45. The Bertz CT molecular complexity index is 769. The maximum atomic E-state index is 12.9. The van der Waals surface area contributed by atoms with Gasteiger partial charge in [0.2, 0.25) is 0 Å². The van der Waals surface area contributed by atoms with Gasteiger partial charge in [0.1, 0.15) is 17.3 Å². The van der Waals surface area contributed by atoms with Crippen molar-refractivity contribution < 1.29 is 14.2 Å². The number of aromatic nitrogens is 1. The zero-order valence-electron chi connectivity index (χ0n) is 10.8.